The van der Waals surface area contributed by atoms with Crippen LogP contribution in [0.5, 0.6) is 0 Å². The molecule has 0 aliphatic carbocycles. The van der Waals surface area contributed by atoms with Crippen LogP contribution in [0.2, 0.25) is 0 Å². The Bertz CT molecular complexity index is 552. The van der Waals surface area contributed by atoms with E-state index in [2.05, 4.69) is 15.9 Å². The Kier molecular flexibility index (Phi) is 4.12. The van der Waals surface area contributed by atoms with Gasteiger partial charge >= 0.3 is 0 Å². The number of alkyl halides is 1. The Balaban J connectivity index is 2.16. The molecule has 0 heterocycles. The molecule has 94 valence electrons. The first-order valence-electron chi connectivity index (χ1n) is 5.71. The molecule has 1 unspecified atom stereocenters. The van der Waals surface area contributed by atoms with E-state index in [1.165, 1.54) is 18.2 Å². The number of hydrogen-bond donors (Lipinski definition) is 0. The van der Waals surface area contributed by atoms with Crippen LogP contribution in [0.25, 0.3) is 0 Å². The SMILES string of the molecule is Cc1cc(C(Br)Cc2cccc(F)c2)ccc1F. The third-order valence-corrected chi connectivity index (χ3v) is 3.70. The average Bonchev–Trinajstić information content (AvgIpc) is 2.32. The molecular weight excluding hydrogens is 298 g/mol. The molecule has 0 amide bonds. The Morgan fingerprint density at radius 3 is 2.56 bits per heavy atom. The molecule has 0 aliphatic heterocycles. The van der Waals surface area contributed by atoms with Gasteiger partial charge in [0.1, 0.15) is 11.6 Å². The van der Waals surface area contributed by atoms with Gasteiger partial charge in [-0.05, 0) is 48.2 Å². The highest BCUT2D eigenvalue weighted by Crippen LogP contribution is 2.28. The molecule has 3 heteroatoms. The second kappa shape index (κ2) is 5.61. The van der Waals surface area contributed by atoms with Gasteiger partial charge in [-0.2, -0.15) is 0 Å². The van der Waals surface area contributed by atoms with Crippen molar-refractivity contribution in [1.29, 1.82) is 0 Å². The van der Waals surface area contributed by atoms with E-state index in [9.17, 15) is 8.78 Å². The van der Waals surface area contributed by atoms with Crippen molar-refractivity contribution in [2.45, 2.75) is 18.2 Å². The number of hydrogen-bond acceptors (Lipinski definition) is 0. The van der Waals surface area contributed by atoms with Crippen LogP contribution in [0.15, 0.2) is 42.5 Å². The molecule has 0 aromatic heterocycles. The van der Waals surface area contributed by atoms with Crippen LogP contribution < -0.4 is 0 Å². The fourth-order valence-electron chi connectivity index (χ4n) is 1.85. The summed E-state index contributed by atoms with van der Waals surface area (Å²) in [4.78, 5) is 0.0543. The number of rotatable bonds is 3. The van der Waals surface area contributed by atoms with Crippen molar-refractivity contribution >= 4 is 15.9 Å². The van der Waals surface area contributed by atoms with Gasteiger partial charge in [0.15, 0.2) is 0 Å². The Hall–Kier alpha value is -1.22. The predicted octanol–water partition coefficient (Wildman–Crippen LogP) is 4.95. The van der Waals surface area contributed by atoms with Crippen LogP contribution in [-0.2, 0) is 6.42 Å². The van der Waals surface area contributed by atoms with Crippen LogP contribution in [0, 0.1) is 18.6 Å². The van der Waals surface area contributed by atoms with E-state index in [-0.39, 0.29) is 16.5 Å². The lowest BCUT2D eigenvalue weighted by molar-refractivity contribution is 0.617. The second-order valence-electron chi connectivity index (χ2n) is 4.31. The molecule has 0 bridgehead atoms. The minimum absolute atomic E-state index is 0.0543. The third-order valence-electron chi connectivity index (χ3n) is 2.85. The molecule has 0 saturated carbocycles. The number of benzene rings is 2. The van der Waals surface area contributed by atoms with Gasteiger partial charge in [-0.1, -0.05) is 40.2 Å². The molecule has 0 nitrogen and oxygen atoms in total. The zero-order valence-electron chi connectivity index (χ0n) is 9.96. The summed E-state index contributed by atoms with van der Waals surface area (Å²) in [6, 6.07) is 11.5. The largest absolute Gasteiger partial charge is 0.207 e. The van der Waals surface area contributed by atoms with Crippen LogP contribution in [0.1, 0.15) is 21.5 Å². The lowest BCUT2D eigenvalue weighted by atomic mass is 10.0. The number of aryl methyl sites for hydroxylation is 1. The summed E-state index contributed by atoms with van der Waals surface area (Å²) in [5.74, 6) is -0.438. The van der Waals surface area contributed by atoms with Crippen molar-refractivity contribution in [2.75, 3.05) is 0 Å². The van der Waals surface area contributed by atoms with E-state index < -0.39 is 0 Å². The Morgan fingerprint density at radius 2 is 1.89 bits per heavy atom. The predicted molar refractivity (Wildman–Crippen MR) is 72.9 cm³/mol. The topological polar surface area (TPSA) is 0 Å². The summed E-state index contributed by atoms with van der Waals surface area (Å²) in [7, 11) is 0. The van der Waals surface area contributed by atoms with E-state index in [1.54, 1.807) is 19.1 Å². The molecule has 0 spiro atoms. The van der Waals surface area contributed by atoms with Gasteiger partial charge in [0.2, 0.25) is 0 Å². The van der Waals surface area contributed by atoms with E-state index in [0.29, 0.717) is 12.0 Å². The maximum Gasteiger partial charge on any atom is 0.126 e. The van der Waals surface area contributed by atoms with Gasteiger partial charge in [0, 0.05) is 4.83 Å². The van der Waals surface area contributed by atoms with Crippen LogP contribution in [-0.4, -0.2) is 0 Å². The molecule has 0 saturated heterocycles. The monoisotopic (exact) mass is 310 g/mol. The summed E-state index contributed by atoms with van der Waals surface area (Å²) < 4.78 is 26.2. The first-order valence-corrected chi connectivity index (χ1v) is 6.62. The summed E-state index contributed by atoms with van der Waals surface area (Å²) in [5, 5.41) is 0. The van der Waals surface area contributed by atoms with Crippen molar-refractivity contribution < 1.29 is 8.78 Å². The van der Waals surface area contributed by atoms with Crippen molar-refractivity contribution in [3.63, 3.8) is 0 Å². The van der Waals surface area contributed by atoms with Gasteiger partial charge in [0.25, 0.3) is 0 Å². The molecule has 2 aromatic rings. The molecule has 2 rings (SSSR count). The van der Waals surface area contributed by atoms with Crippen LogP contribution in [0.3, 0.4) is 0 Å². The summed E-state index contributed by atoms with van der Waals surface area (Å²) >= 11 is 3.56. The fourth-order valence-corrected chi connectivity index (χ4v) is 2.51. The minimum atomic E-state index is -0.234. The zero-order chi connectivity index (χ0) is 13.1. The van der Waals surface area contributed by atoms with E-state index in [0.717, 1.165) is 11.1 Å². The highest BCUT2D eigenvalue weighted by Gasteiger charge is 2.10. The van der Waals surface area contributed by atoms with Crippen molar-refractivity contribution in [3.8, 4) is 0 Å². The summed E-state index contributed by atoms with van der Waals surface area (Å²) in [6.45, 7) is 1.74. The maximum absolute atomic E-state index is 13.2. The summed E-state index contributed by atoms with van der Waals surface area (Å²) in [6.07, 6.45) is 0.669. The van der Waals surface area contributed by atoms with E-state index in [4.69, 9.17) is 0 Å². The fraction of sp³-hybridized carbons (Fsp3) is 0.200. The molecular formula is C15H13BrF2. The second-order valence-corrected chi connectivity index (χ2v) is 5.42. The van der Waals surface area contributed by atoms with Crippen LogP contribution >= 0.6 is 15.9 Å². The van der Waals surface area contributed by atoms with Gasteiger partial charge in [-0.3, -0.25) is 0 Å². The molecule has 0 aliphatic rings. The third kappa shape index (κ3) is 3.16. The van der Waals surface area contributed by atoms with Crippen molar-refractivity contribution in [2.24, 2.45) is 0 Å². The molecule has 0 fully saturated rings. The van der Waals surface area contributed by atoms with Gasteiger partial charge < -0.3 is 0 Å². The van der Waals surface area contributed by atoms with Gasteiger partial charge in [-0.25, -0.2) is 8.78 Å². The molecule has 18 heavy (non-hydrogen) atoms. The standard InChI is InChI=1S/C15H13BrF2/c1-10-7-12(5-6-15(10)18)14(16)9-11-3-2-4-13(17)8-11/h2-8,14H,9H2,1H3. The molecule has 2 aromatic carbocycles. The van der Waals surface area contributed by atoms with Crippen molar-refractivity contribution in [1.82, 2.24) is 0 Å². The number of halogens is 3. The Labute approximate surface area is 114 Å². The van der Waals surface area contributed by atoms with Gasteiger partial charge in [0.05, 0.1) is 0 Å². The van der Waals surface area contributed by atoms with Crippen LogP contribution in [0.4, 0.5) is 8.78 Å². The van der Waals surface area contributed by atoms with Crippen molar-refractivity contribution in [3.05, 3.63) is 70.8 Å². The van der Waals surface area contributed by atoms with E-state index >= 15 is 0 Å². The highest BCUT2D eigenvalue weighted by atomic mass is 79.9. The average molecular weight is 311 g/mol. The van der Waals surface area contributed by atoms with Gasteiger partial charge in [-0.15, -0.1) is 0 Å². The molecule has 0 N–H and O–H groups in total. The quantitative estimate of drug-likeness (QED) is 0.703. The first-order chi connectivity index (χ1) is 8.56. The summed E-state index contributed by atoms with van der Waals surface area (Å²) in [5.41, 5.74) is 2.54. The molecule has 1 atom stereocenters. The zero-order valence-corrected chi connectivity index (χ0v) is 11.5. The first kappa shape index (κ1) is 13.2. The smallest absolute Gasteiger partial charge is 0.126 e. The lowest BCUT2D eigenvalue weighted by Crippen LogP contribution is -1.97. The normalized spacial score (nSPS) is 12.4. The maximum atomic E-state index is 13.2. The molecule has 0 radical (unpaired) electrons. The lowest BCUT2D eigenvalue weighted by Gasteiger charge is -2.11. The Morgan fingerprint density at radius 1 is 1.11 bits per heavy atom. The van der Waals surface area contributed by atoms with E-state index in [1.807, 2.05) is 12.1 Å². The highest BCUT2D eigenvalue weighted by molar-refractivity contribution is 9.09. The minimum Gasteiger partial charge on any atom is -0.207 e.